The van der Waals surface area contributed by atoms with Crippen molar-refractivity contribution in [2.24, 2.45) is 5.92 Å². The lowest BCUT2D eigenvalue weighted by molar-refractivity contribution is -0.122. The van der Waals surface area contributed by atoms with Crippen molar-refractivity contribution in [2.45, 2.75) is 17.5 Å². The van der Waals surface area contributed by atoms with Crippen molar-refractivity contribution in [1.29, 1.82) is 0 Å². The maximum absolute atomic E-state index is 14.7. The Morgan fingerprint density at radius 3 is 2.43 bits per heavy atom. The standard InChI is InChI=1S/C34H27N3O5/c1-41-26-15-14-21(19-27(26)42-2)30(38)29-28(31(39)25-13-7-8-17-35-25)34(23-11-5-6-12-24(23)36-33(34)40)32-22-10-4-3-9-20(22)16-18-37(29)32/h3-19,28-29,32H,1-2H3,(H,36,40). The molecule has 1 aromatic heterocycles. The minimum Gasteiger partial charge on any atom is -0.493 e. The molecule has 4 aromatic rings. The molecule has 8 heteroatoms. The summed E-state index contributed by atoms with van der Waals surface area (Å²) in [5.74, 6) is -1.23. The highest BCUT2D eigenvalue weighted by Crippen LogP contribution is 2.62. The van der Waals surface area contributed by atoms with Gasteiger partial charge in [0, 0.05) is 23.6 Å². The molecule has 1 amide bonds. The van der Waals surface area contributed by atoms with Crippen LogP contribution in [0.2, 0.25) is 0 Å². The number of amides is 1. The molecule has 4 atom stereocenters. The van der Waals surface area contributed by atoms with Gasteiger partial charge in [-0.3, -0.25) is 19.4 Å². The number of ether oxygens (including phenoxy) is 2. The Balaban J connectivity index is 1.52. The van der Waals surface area contributed by atoms with Crippen molar-refractivity contribution in [3.63, 3.8) is 0 Å². The lowest BCUT2D eigenvalue weighted by Gasteiger charge is -2.38. The van der Waals surface area contributed by atoms with E-state index >= 15 is 0 Å². The van der Waals surface area contributed by atoms with Gasteiger partial charge in [0.05, 0.1) is 26.2 Å². The van der Waals surface area contributed by atoms with Crippen LogP contribution in [-0.4, -0.2) is 47.6 Å². The first kappa shape index (κ1) is 25.7. The maximum atomic E-state index is 14.7. The normalized spacial score (nSPS) is 23.1. The molecule has 1 N–H and O–H groups in total. The van der Waals surface area contributed by atoms with E-state index in [1.165, 1.54) is 14.2 Å². The molecule has 8 nitrogen and oxygen atoms in total. The van der Waals surface area contributed by atoms with Crippen LogP contribution in [0.15, 0.2) is 97.3 Å². The zero-order valence-electron chi connectivity index (χ0n) is 23.0. The van der Waals surface area contributed by atoms with Crippen LogP contribution in [0.25, 0.3) is 6.08 Å². The molecule has 4 unspecified atom stereocenters. The Labute approximate surface area is 242 Å². The second kappa shape index (κ2) is 9.69. The van der Waals surface area contributed by atoms with Gasteiger partial charge in [0.2, 0.25) is 5.91 Å². The number of nitrogens with one attached hydrogen (secondary N) is 1. The Bertz CT molecular complexity index is 1790. The van der Waals surface area contributed by atoms with Crippen LogP contribution in [0, 0.1) is 5.92 Å². The Hall–Kier alpha value is -5.24. The van der Waals surface area contributed by atoms with Crippen molar-refractivity contribution in [1.82, 2.24) is 9.88 Å². The van der Waals surface area contributed by atoms with Crippen LogP contribution in [-0.2, 0) is 10.2 Å². The number of para-hydroxylation sites is 1. The Morgan fingerprint density at radius 2 is 1.64 bits per heavy atom. The minimum atomic E-state index is -1.41. The molecule has 0 bridgehead atoms. The summed E-state index contributed by atoms with van der Waals surface area (Å²) >= 11 is 0. The summed E-state index contributed by atoms with van der Waals surface area (Å²) < 4.78 is 10.9. The van der Waals surface area contributed by atoms with Crippen molar-refractivity contribution < 1.29 is 23.9 Å². The molecule has 0 saturated carbocycles. The second-order valence-corrected chi connectivity index (χ2v) is 10.6. The maximum Gasteiger partial charge on any atom is 0.238 e. The third-order valence-corrected chi connectivity index (χ3v) is 8.71. The predicted molar refractivity (Wildman–Crippen MR) is 157 cm³/mol. The second-order valence-electron chi connectivity index (χ2n) is 10.6. The number of Topliss-reactive ketones (excluding diaryl/α,β-unsaturated/α-hetero) is 2. The van der Waals surface area contributed by atoms with Gasteiger partial charge < -0.3 is 19.7 Å². The van der Waals surface area contributed by atoms with E-state index < -0.39 is 23.4 Å². The number of hydrogen-bond acceptors (Lipinski definition) is 7. The smallest absolute Gasteiger partial charge is 0.238 e. The molecule has 1 fully saturated rings. The van der Waals surface area contributed by atoms with Gasteiger partial charge in [0.1, 0.15) is 17.2 Å². The third kappa shape index (κ3) is 3.48. The molecule has 3 aromatic carbocycles. The summed E-state index contributed by atoms with van der Waals surface area (Å²) in [6.07, 6.45) is 5.32. The van der Waals surface area contributed by atoms with Gasteiger partial charge in [-0.15, -0.1) is 0 Å². The van der Waals surface area contributed by atoms with Gasteiger partial charge >= 0.3 is 0 Å². The first-order chi connectivity index (χ1) is 20.5. The lowest BCUT2D eigenvalue weighted by atomic mass is 9.63. The molecule has 0 aliphatic carbocycles. The molecule has 1 spiro atoms. The highest BCUT2D eigenvalue weighted by molar-refractivity contribution is 6.16. The van der Waals surface area contributed by atoms with E-state index in [1.807, 2.05) is 65.7 Å². The fraction of sp³-hybridized carbons (Fsp3) is 0.176. The largest absolute Gasteiger partial charge is 0.493 e. The van der Waals surface area contributed by atoms with E-state index in [-0.39, 0.29) is 23.2 Å². The van der Waals surface area contributed by atoms with Crippen molar-refractivity contribution in [2.75, 3.05) is 19.5 Å². The van der Waals surface area contributed by atoms with E-state index in [2.05, 4.69) is 10.3 Å². The van der Waals surface area contributed by atoms with E-state index in [4.69, 9.17) is 9.47 Å². The summed E-state index contributed by atoms with van der Waals surface area (Å²) in [6, 6.07) is 23.6. The quantitative estimate of drug-likeness (QED) is 0.330. The molecular weight excluding hydrogens is 530 g/mol. The summed E-state index contributed by atoms with van der Waals surface area (Å²) in [6.45, 7) is 0. The zero-order chi connectivity index (χ0) is 29.0. The fourth-order valence-corrected chi connectivity index (χ4v) is 7.00. The number of carbonyl (C=O) groups excluding carboxylic acids is 3. The number of hydrogen-bond donors (Lipinski definition) is 1. The van der Waals surface area contributed by atoms with E-state index in [1.54, 1.807) is 42.6 Å². The summed E-state index contributed by atoms with van der Waals surface area (Å²) in [5, 5.41) is 3.05. The van der Waals surface area contributed by atoms with Crippen LogP contribution < -0.4 is 14.8 Å². The predicted octanol–water partition coefficient (Wildman–Crippen LogP) is 5.08. The summed E-state index contributed by atoms with van der Waals surface area (Å²) in [7, 11) is 3.03. The topological polar surface area (TPSA) is 97.8 Å². The molecule has 4 heterocycles. The number of aromatic nitrogens is 1. The summed E-state index contributed by atoms with van der Waals surface area (Å²) in [4.78, 5) is 50.1. The molecule has 3 aliphatic heterocycles. The molecule has 3 aliphatic rings. The number of anilines is 1. The highest BCUT2D eigenvalue weighted by atomic mass is 16.5. The monoisotopic (exact) mass is 557 g/mol. The van der Waals surface area contributed by atoms with Crippen LogP contribution in [0.5, 0.6) is 11.5 Å². The van der Waals surface area contributed by atoms with Gasteiger partial charge in [-0.25, -0.2) is 0 Å². The van der Waals surface area contributed by atoms with Crippen molar-refractivity contribution >= 4 is 29.2 Å². The number of nitrogens with zero attached hydrogens (tertiary/aromatic N) is 2. The van der Waals surface area contributed by atoms with Gasteiger partial charge in [-0.05, 0) is 59.2 Å². The number of methoxy groups -OCH3 is 2. The average molecular weight is 558 g/mol. The number of pyridine rings is 1. The number of carbonyl (C=O) groups is 3. The number of fused-ring (bicyclic) bond motifs is 6. The first-order valence-corrected chi connectivity index (χ1v) is 13.7. The first-order valence-electron chi connectivity index (χ1n) is 13.7. The van der Waals surface area contributed by atoms with Crippen molar-refractivity contribution in [3.8, 4) is 11.5 Å². The van der Waals surface area contributed by atoms with Gasteiger partial charge in [0.15, 0.2) is 23.1 Å². The van der Waals surface area contributed by atoms with E-state index in [9.17, 15) is 14.4 Å². The van der Waals surface area contributed by atoms with E-state index in [0.29, 0.717) is 28.3 Å². The zero-order valence-corrected chi connectivity index (χ0v) is 23.0. The highest BCUT2D eigenvalue weighted by Gasteiger charge is 2.70. The molecule has 208 valence electrons. The van der Waals surface area contributed by atoms with Crippen LogP contribution in [0.4, 0.5) is 5.69 Å². The van der Waals surface area contributed by atoms with Gasteiger partial charge in [-0.1, -0.05) is 48.5 Å². The van der Waals surface area contributed by atoms with Crippen molar-refractivity contribution in [3.05, 3.63) is 125 Å². The molecule has 1 saturated heterocycles. The lowest BCUT2D eigenvalue weighted by Crippen LogP contribution is -2.49. The minimum absolute atomic E-state index is 0.196. The Kier molecular flexibility index (Phi) is 5.93. The average Bonchev–Trinajstić information content (AvgIpc) is 3.52. The number of ketones is 2. The number of rotatable bonds is 6. The molecule has 42 heavy (non-hydrogen) atoms. The fourth-order valence-electron chi connectivity index (χ4n) is 7.00. The van der Waals surface area contributed by atoms with Gasteiger partial charge in [-0.2, -0.15) is 0 Å². The van der Waals surface area contributed by atoms with Crippen LogP contribution in [0.1, 0.15) is 43.6 Å². The molecular formula is C34H27N3O5. The third-order valence-electron chi connectivity index (χ3n) is 8.71. The number of benzene rings is 3. The summed E-state index contributed by atoms with van der Waals surface area (Å²) in [5.41, 5.74) is 2.24. The molecule has 7 rings (SSSR count). The van der Waals surface area contributed by atoms with E-state index in [0.717, 1.165) is 11.1 Å². The molecule has 0 radical (unpaired) electrons. The van der Waals surface area contributed by atoms with Gasteiger partial charge in [0.25, 0.3) is 0 Å². The SMILES string of the molecule is COc1ccc(C(=O)C2C(C(=O)c3ccccn3)C3(C(=O)Nc4ccccc43)C3c4ccccc4C=CN23)cc1OC. The Morgan fingerprint density at radius 1 is 0.881 bits per heavy atom. The van der Waals surface area contributed by atoms with Crippen LogP contribution in [0.3, 0.4) is 0 Å². The van der Waals surface area contributed by atoms with Crippen LogP contribution >= 0.6 is 0 Å².